The lowest BCUT2D eigenvalue weighted by Crippen LogP contribution is -2.33. The zero-order valence-electron chi connectivity index (χ0n) is 14.0. The minimum atomic E-state index is -0.437. The van der Waals surface area contributed by atoms with Gasteiger partial charge in [-0.2, -0.15) is 10.1 Å². The number of hydrogen-bond donors (Lipinski definition) is 1. The van der Waals surface area contributed by atoms with Crippen molar-refractivity contribution >= 4 is 34.9 Å². The van der Waals surface area contributed by atoms with Crippen LogP contribution in [-0.4, -0.2) is 20.5 Å². The van der Waals surface area contributed by atoms with Crippen LogP contribution in [0.2, 0.25) is 10.0 Å². The normalized spacial score (nSPS) is 21.6. The highest BCUT2D eigenvalue weighted by molar-refractivity contribution is 6.35. The topological polar surface area (TPSA) is 73.0 Å². The van der Waals surface area contributed by atoms with Crippen molar-refractivity contribution in [3.63, 3.8) is 0 Å². The third-order valence-electron chi connectivity index (χ3n) is 5.06. The Morgan fingerprint density at radius 1 is 1.22 bits per heavy atom. The van der Waals surface area contributed by atoms with Gasteiger partial charge in [0.2, 0.25) is 5.95 Å². The molecule has 0 fully saturated rings. The molecule has 6 nitrogen and oxygen atoms in total. The molecule has 8 heteroatoms. The molecule has 1 aliphatic heterocycles. The number of nitrogens with zero attached hydrogens (tertiary/aromatic N) is 3. The maximum absolute atomic E-state index is 13.2. The van der Waals surface area contributed by atoms with Crippen molar-refractivity contribution in [1.82, 2.24) is 14.8 Å². The average Bonchev–Trinajstić information content (AvgIpc) is 3.32. The van der Waals surface area contributed by atoms with Gasteiger partial charge in [-0.05, 0) is 30.7 Å². The lowest BCUT2D eigenvalue weighted by atomic mass is 9.79. The van der Waals surface area contributed by atoms with Crippen LogP contribution in [0.4, 0.5) is 5.95 Å². The van der Waals surface area contributed by atoms with Gasteiger partial charge in [-0.1, -0.05) is 29.3 Å². The first-order valence-corrected chi connectivity index (χ1v) is 9.28. The van der Waals surface area contributed by atoms with E-state index in [2.05, 4.69) is 15.4 Å². The second kappa shape index (κ2) is 6.25. The number of anilines is 1. The molecule has 3 aromatic rings. The summed E-state index contributed by atoms with van der Waals surface area (Å²) in [4.78, 5) is 17.4. The Balaban J connectivity index is 1.65. The lowest BCUT2D eigenvalue weighted by molar-refractivity contribution is -0.117. The van der Waals surface area contributed by atoms with E-state index in [0.29, 0.717) is 34.4 Å². The van der Waals surface area contributed by atoms with E-state index in [1.807, 2.05) is 18.2 Å². The maximum Gasteiger partial charge on any atom is 0.226 e. The molecule has 0 amide bonds. The van der Waals surface area contributed by atoms with Crippen LogP contribution in [0.15, 0.2) is 58.6 Å². The number of carbonyl (C=O) groups excluding carboxylic acids is 1. The smallest absolute Gasteiger partial charge is 0.226 e. The predicted molar refractivity (Wildman–Crippen MR) is 101 cm³/mol. The zero-order valence-corrected chi connectivity index (χ0v) is 15.5. The predicted octanol–water partition coefficient (Wildman–Crippen LogP) is 4.59. The number of nitrogens with one attached hydrogen (secondary N) is 1. The van der Waals surface area contributed by atoms with Gasteiger partial charge in [0.25, 0.3) is 0 Å². The summed E-state index contributed by atoms with van der Waals surface area (Å²) in [5.41, 5.74) is 2.27. The number of ketones is 1. The second-order valence-corrected chi connectivity index (χ2v) is 7.50. The Morgan fingerprint density at radius 2 is 2.11 bits per heavy atom. The van der Waals surface area contributed by atoms with E-state index in [1.54, 1.807) is 23.1 Å². The molecule has 0 bridgehead atoms. The molecule has 0 unspecified atom stereocenters. The number of allylic oxidation sites excluding steroid dienone is 2. The number of Topliss-reactive ketones (excluding diaryl/α,β-unsaturated/α-hetero) is 1. The summed E-state index contributed by atoms with van der Waals surface area (Å²) in [6.45, 7) is 0. The number of aromatic nitrogens is 3. The van der Waals surface area contributed by atoms with Crippen LogP contribution < -0.4 is 5.32 Å². The first-order chi connectivity index (χ1) is 13.1. The lowest BCUT2D eigenvalue weighted by Gasteiger charge is -2.34. The highest BCUT2D eigenvalue weighted by Crippen LogP contribution is 2.45. The highest BCUT2D eigenvalue weighted by Gasteiger charge is 2.40. The maximum atomic E-state index is 13.2. The van der Waals surface area contributed by atoms with Crippen LogP contribution in [-0.2, 0) is 4.79 Å². The molecule has 2 aromatic heterocycles. The molecule has 1 aliphatic carbocycles. The van der Waals surface area contributed by atoms with Gasteiger partial charge in [0.1, 0.15) is 18.1 Å². The molecule has 1 N–H and O–H groups in total. The minimum absolute atomic E-state index is 0.00504. The van der Waals surface area contributed by atoms with Crippen LogP contribution in [0.3, 0.4) is 0 Å². The molecule has 27 heavy (non-hydrogen) atoms. The molecule has 1 aromatic carbocycles. The molecule has 136 valence electrons. The molecule has 5 rings (SSSR count). The summed E-state index contributed by atoms with van der Waals surface area (Å²) in [5.74, 6) is 1.43. The van der Waals surface area contributed by atoms with E-state index in [9.17, 15) is 4.79 Å². The van der Waals surface area contributed by atoms with Crippen molar-refractivity contribution in [2.24, 2.45) is 0 Å². The van der Waals surface area contributed by atoms with Gasteiger partial charge in [0.15, 0.2) is 5.78 Å². The first-order valence-electron chi connectivity index (χ1n) is 8.53. The monoisotopic (exact) mass is 400 g/mol. The number of halogens is 2. The molecule has 0 saturated heterocycles. The summed E-state index contributed by atoms with van der Waals surface area (Å²) >= 11 is 12.5. The molecule has 3 heterocycles. The van der Waals surface area contributed by atoms with Crippen LogP contribution in [0.5, 0.6) is 0 Å². The van der Waals surface area contributed by atoms with E-state index >= 15 is 0 Å². The fourth-order valence-electron chi connectivity index (χ4n) is 3.89. The van der Waals surface area contributed by atoms with Crippen molar-refractivity contribution in [3.8, 4) is 0 Å². The summed E-state index contributed by atoms with van der Waals surface area (Å²) < 4.78 is 7.22. The van der Waals surface area contributed by atoms with E-state index < -0.39 is 6.04 Å². The van der Waals surface area contributed by atoms with Crippen molar-refractivity contribution in [1.29, 1.82) is 0 Å². The highest BCUT2D eigenvalue weighted by atomic mass is 35.5. The molecule has 0 radical (unpaired) electrons. The molecule has 0 saturated carbocycles. The minimum Gasteiger partial charge on any atom is -0.469 e. The van der Waals surface area contributed by atoms with Gasteiger partial charge in [-0.25, -0.2) is 4.68 Å². The fourth-order valence-corrected chi connectivity index (χ4v) is 4.40. The van der Waals surface area contributed by atoms with Crippen LogP contribution in [0.25, 0.3) is 0 Å². The fraction of sp³-hybridized carbons (Fsp3) is 0.211. The number of carbonyl (C=O) groups is 1. The average molecular weight is 401 g/mol. The van der Waals surface area contributed by atoms with Crippen LogP contribution >= 0.6 is 23.2 Å². The van der Waals surface area contributed by atoms with Crippen LogP contribution in [0, 0.1) is 0 Å². The Labute approximate surface area is 164 Å². The van der Waals surface area contributed by atoms with Crippen molar-refractivity contribution < 1.29 is 9.21 Å². The molecule has 2 atom stereocenters. The molecular weight excluding hydrogens is 387 g/mol. The quantitative estimate of drug-likeness (QED) is 0.680. The largest absolute Gasteiger partial charge is 0.469 e. The van der Waals surface area contributed by atoms with Crippen molar-refractivity contribution in [2.75, 3.05) is 5.32 Å². The van der Waals surface area contributed by atoms with Crippen molar-refractivity contribution in [2.45, 2.75) is 24.8 Å². The van der Waals surface area contributed by atoms with Gasteiger partial charge in [0.05, 0.1) is 6.26 Å². The number of hydrogen-bond acceptors (Lipinski definition) is 5. The van der Waals surface area contributed by atoms with Gasteiger partial charge in [-0.3, -0.25) is 4.79 Å². The summed E-state index contributed by atoms with van der Waals surface area (Å²) in [7, 11) is 0. The van der Waals surface area contributed by atoms with Gasteiger partial charge in [-0.15, -0.1) is 0 Å². The van der Waals surface area contributed by atoms with E-state index in [-0.39, 0.29) is 11.7 Å². The number of fused-ring (bicyclic) bond motifs is 1. The van der Waals surface area contributed by atoms with Crippen LogP contribution in [0.1, 0.15) is 36.1 Å². The Hall–Kier alpha value is -2.57. The van der Waals surface area contributed by atoms with Gasteiger partial charge < -0.3 is 9.73 Å². The standard InChI is InChI=1S/C19H14Cl2N4O2/c20-11-3-4-12(13(21)8-11)18-17-14(24-19-22-9-23-25(18)19)6-10(7-15(17)26)16-2-1-5-27-16/h1-5,8-10,18H,6-7H2,(H,22,23,24)/t10-,18-/m0/s1. The summed E-state index contributed by atoms with van der Waals surface area (Å²) in [6.07, 6.45) is 4.12. The molecule has 2 aliphatic rings. The number of furan rings is 1. The molecule has 0 spiro atoms. The number of benzene rings is 1. The SMILES string of the molecule is O=C1C[C@@H](c2ccco2)CC2=C1[C@H](c1ccc(Cl)cc1Cl)n1ncnc1N2. The summed E-state index contributed by atoms with van der Waals surface area (Å²) in [5, 5.41) is 8.62. The zero-order chi connectivity index (χ0) is 18.5. The van der Waals surface area contributed by atoms with E-state index in [0.717, 1.165) is 17.0 Å². The van der Waals surface area contributed by atoms with Gasteiger partial charge in [0, 0.05) is 39.2 Å². The van der Waals surface area contributed by atoms with E-state index in [1.165, 1.54) is 6.33 Å². The Bertz CT molecular complexity index is 1070. The summed E-state index contributed by atoms with van der Waals surface area (Å²) in [6, 6.07) is 8.58. The van der Waals surface area contributed by atoms with E-state index in [4.69, 9.17) is 27.6 Å². The second-order valence-electron chi connectivity index (χ2n) is 6.66. The first kappa shape index (κ1) is 16.6. The third kappa shape index (κ3) is 2.67. The number of rotatable bonds is 2. The Morgan fingerprint density at radius 3 is 2.89 bits per heavy atom. The van der Waals surface area contributed by atoms with Gasteiger partial charge >= 0.3 is 0 Å². The Kier molecular flexibility index (Phi) is 3.84. The molecular formula is C19H14Cl2N4O2. The third-order valence-corrected chi connectivity index (χ3v) is 5.63. The van der Waals surface area contributed by atoms with Crippen molar-refractivity contribution in [3.05, 3.63) is 75.6 Å².